The Hall–Kier alpha value is -3.65. The van der Waals surface area contributed by atoms with Gasteiger partial charge in [0.05, 0.1) is 12.4 Å². The van der Waals surface area contributed by atoms with Crippen molar-refractivity contribution in [3.05, 3.63) is 47.7 Å². The first-order valence-electron chi connectivity index (χ1n) is 9.43. The number of nitrogens with one attached hydrogen (secondary N) is 1. The van der Waals surface area contributed by atoms with Gasteiger partial charge >= 0.3 is 6.18 Å². The number of aliphatic imine (C=N–C) groups is 1. The highest BCUT2D eigenvalue weighted by Gasteiger charge is 2.52. The summed E-state index contributed by atoms with van der Waals surface area (Å²) in [7, 11) is 0. The highest BCUT2D eigenvalue weighted by molar-refractivity contribution is 6.02. The van der Waals surface area contributed by atoms with Crippen molar-refractivity contribution in [3.8, 4) is 5.88 Å². The number of nitrogens with two attached hydrogens (primary N) is 1. The lowest BCUT2D eigenvalue weighted by atomic mass is 9.86. The standard InChI is InChI=1S/C19H16F7N5O3/c20-8-18(4-13(19(24,25)26)31-17(27)34-18)10-3-9(1-2-11(10)21)30-16(32)12-5-29-15(6-28-12)33-7-14(22)23/h1-3,5-6,13-14H,4,7-8H2,(H2,27,31)(H,30,32)/t13-,18+/m0/s1. The summed E-state index contributed by atoms with van der Waals surface area (Å²) in [5.41, 5.74) is 1.81. The van der Waals surface area contributed by atoms with Gasteiger partial charge < -0.3 is 20.5 Å². The number of aromatic nitrogens is 2. The number of ether oxygens (including phenoxy) is 2. The Bertz CT molecular complexity index is 1070. The van der Waals surface area contributed by atoms with E-state index in [0.717, 1.165) is 30.6 Å². The molecule has 0 fully saturated rings. The van der Waals surface area contributed by atoms with Gasteiger partial charge in [-0.05, 0) is 18.2 Å². The largest absolute Gasteiger partial charge is 0.470 e. The summed E-state index contributed by atoms with van der Waals surface area (Å²) in [6, 6.07) is -0.645. The monoisotopic (exact) mass is 495 g/mol. The van der Waals surface area contributed by atoms with Crippen LogP contribution in [-0.2, 0) is 10.3 Å². The van der Waals surface area contributed by atoms with Gasteiger partial charge in [-0.1, -0.05) is 0 Å². The molecule has 0 saturated heterocycles. The van der Waals surface area contributed by atoms with Crippen LogP contribution in [0.4, 0.5) is 36.4 Å². The molecule has 2 aromatic rings. The first kappa shape index (κ1) is 25.0. The predicted octanol–water partition coefficient (Wildman–Crippen LogP) is 3.34. The summed E-state index contributed by atoms with van der Waals surface area (Å²) in [6.07, 6.45) is -6.89. The number of hydrogen-bond acceptors (Lipinski definition) is 7. The average molecular weight is 495 g/mol. The number of halogens is 7. The molecular formula is C19H16F7N5O3. The quantitative estimate of drug-likeness (QED) is 0.570. The molecule has 0 unspecified atom stereocenters. The van der Waals surface area contributed by atoms with Crippen LogP contribution in [0.1, 0.15) is 22.5 Å². The Kier molecular flexibility index (Phi) is 7.12. The Morgan fingerprint density at radius 2 is 2.03 bits per heavy atom. The van der Waals surface area contributed by atoms with Crippen LogP contribution in [0.25, 0.3) is 0 Å². The zero-order valence-corrected chi connectivity index (χ0v) is 17.0. The maximum atomic E-state index is 14.6. The van der Waals surface area contributed by atoms with Crippen LogP contribution in [0.15, 0.2) is 35.6 Å². The van der Waals surface area contributed by atoms with E-state index in [1.165, 1.54) is 0 Å². The second kappa shape index (κ2) is 9.69. The zero-order chi connectivity index (χ0) is 25.1. The van der Waals surface area contributed by atoms with Crippen LogP contribution in [0.5, 0.6) is 5.88 Å². The third kappa shape index (κ3) is 5.63. The predicted molar refractivity (Wildman–Crippen MR) is 103 cm³/mol. The minimum atomic E-state index is -4.89. The second-order valence-electron chi connectivity index (χ2n) is 7.05. The smallest absolute Gasteiger partial charge is 0.411 e. The molecule has 1 aliphatic heterocycles. The van der Waals surface area contributed by atoms with Crippen LogP contribution >= 0.6 is 0 Å². The van der Waals surface area contributed by atoms with E-state index in [9.17, 15) is 35.5 Å². The fourth-order valence-corrected chi connectivity index (χ4v) is 3.09. The van der Waals surface area contributed by atoms with E-state index < -0.39 is 67.3 Å². The maximum Gasteiger partial charge on any atom is 0.411 e. The number of benzene rings is 1. The van der Waals surface area contributed by atoms with Gasteiger partial charge in [0, 0.05) is 17.7 Å². The van der Waals surface area contributed by atoms with E-state index in [2.05, 4.69) is 25.0 Å². The minimum absolute atomic E-state index is 0.137. The molecule has 0 spiro atoms. The van der Waals surface area contributed by atoms with Crippen LogP contribution in [0, 0.1) is 5.82 Å². The van der Waals surface area contributed by atoms with Crippen LogP contribution in [0.3, 0.4) is 0 Å². The topological polar surface area (TPSA) is 112 Å². The van der Waals surface area contributed by atoms with E-state index in [1.54, 1.807) is 0 Å². The highest BCUT2D eigenvalue weighted by Crippen LogP contribution is 2.42. The average Bonchev–Trinajstić information content (AvgIpc) is 2.78. The molecule has 1 amide bonds. The molecule has 184 valence electrons. The van der Waals surface area contributed by atoms with Crippen molar-refractivity contribution in [2.75, 3.05) is 18.6 Å². The number of alkyl halides is 6. The van der Waals surface area contributed by atoms with Gasteiger partial charge in [0.1, 0.15) is 18.2 Å². The molecule has 0 aliphatic carbocycles. The molecule has 0 bridgehead atoms. The highest BCUT2D eigenvalue weighted by atomic mass is 19.4. The van der Waals surface area contributed by atoms with Crippen LogP contribution in [-0.4, -0.2) is 53.8 Å². The number of amides is 1. The van der Waals surface area contributed by atoms with E-state index in [1.807, 2.05) is 0 Å². The first-order valence-corrected chi connectivity index (χ1v) is 9.43. The normalized spacial score (nSPS) is 20.5. The van der Waals surface area contributed by atoms with Gasteiger partial charge in [-0.3, -0.25) is 4.79 Å². The molecule has 8 nitrogen and oxygen atoms in total. The minimum Gasteiger partial charge on any atom is -0.470 e. The molecule has 3 rings (SSSR count). The van der Waals surface area contributed by atoms with Crippen molar-refractivity contribution >= 4 is 17.6 Å². The number of carbonyl (C=O) groups is 1. The third-order valence-electron chi connectivity index (χ3n) is 4.63. The molecule has 34 heavy (non-hydrogen) atoms. The van der Waals surface area contributed by atoms with E-state index in [0.29, 0.717) is 0 Å². The fraction of sp³-hybridized carbons (Fsp3) is 0.368. The van der Waals surface area contributed by atoms with E-state index in [-0.39, 0.29) is 17.3 Å². The lowest BCUT2D eigenvalue weighted by molar-refractivity contribution is -0.167. The van der Waals surface area contributed by atoms with Gasteiger partial charge in [-0.25, -0.2) is 32.5 Å². The molecule has 15 heteroatoms. The Morgan fingerprint density at radius 3 is 2.62 bits per heavy atom. The zero-order valence-electron chi connectivity index (χ0n) is 17.0. The molecule has 0 radical (unpaired) electrons. The number of rotatable bonds is 7. The van der Waals surface area contributed by atoms with Crippen molar-refractivity contribution in [3.63, 3.8) is 0 Å². The lowest BCUT2D eigenvalue weighted by Crippen LogP contribution is -2.48. The molecule has 1 aliphatic rings. The molecule has 1 aromatic heterocycles. The van der Waals surface area contributed by atoms with Crippen molar-refractivity contribution in [1.82, 2.24) is 9.97 Å². The van der Waals surface area contributed by atoms with Crippen molar-refractivity contribution in [2.45, 2.75) is 30.7 Å². The van der Waals surface area contributed by atoms with E-state index in [4.69, 9.17) is 10.5 Å². The van der Waals surface area contributed by atoms with Gasteiger partial charge in [0.25, 0.3) is 18.4 Å². The Morgan fingerprint density at radius 1 is 1.29 bits per heavy atom. The van der Waals surface area contributed by atoms with Gasteiger partial charge in [-0.2, -0.15) is 13.2 Å². The molecular weight excluding hydrogens is 479 g/mol. The summed E-state index contributed by atoms with van der Waals surface area (Å²) < 4.78 is 102. The van der Waals surface area contributed by atoms with Crippen LogP contribution in [0.2, 0.25) is 0 Å². The van der Waals surface area contributed by atoms with E-state index >= 15 is 0 Å². The summed E-state index contributed by atoms with van der Waals surface area (Å²) >= 11 is 0. The second-order valence-corrected chi connectivity index (χ2v) is 7.05. The lowest BCUT2D eigenvalue weighted by Gasteiger charge is -2.38. The summed E-state index contributed by atoms with van der Waals surface area (Å²) in [5, 5.41) is 2.30. The number of nitrogens with zero attached hydrogens (tertiary/aromatic N) is 3. The molecule has 0 saturated carbocycles. The van der Waals surface area contributed by atoms with Crippen molar-refractivity contribution in [1.29, 1.82) is 0 Å². The van der Waals surface area contributed by atoms with Crippen LogP contribution < -0.4 is 15.8 Å². The third-order valence-corrected chi connectivity index (χ3v) is 4.63. The number of hydrogen-bond donors (Lipinski definition) is 2. The number of amidine groups is 1. The van der Waals surface area contributed by atoms with Crippen molar-refractivity contribution in [2.24, 2.45) is 10.7 Å². The van der Waals surface area contributed by atoms with Crippen molar-refractivity contribution < 1.29 is 45.0 Å². The molecule has 1 aromatic carbocycles. The summed E-state index contributed by atoms with van der Waals surface area (Å²) in [5.74, 6) is -2.26. The summed E-state index contributed by atoms with van der Waals surface area (Å²) in [6.45, 7) is -2.50. The Balaban J connectivity index is 1.83. The summed E-state index contributed by atoms with van der Waals surface area (Å²) in [4.78, 5) is 22.8. The number of carbonyl (C=O) groups excluding carboxylic acids is 1. The Labute approximate surface area is 187 Å². The maximum absolute atomic E-state index is 14.6. The molecule has 3 N–H and O–H groups in total. The molecule has 2 heterocycles. The first-order chi connectivity index (χ1) is 15.9. The van der Waals surface area contributed by atoms with Gasteiger partial charge in [0.15, 0.2) is 18.2 Å². The molecule has 2 atom stereocenters. The number of anilines is 1. The van der Waals surface area contributed by atoms with Gasteiger partial charge in [0.2, 0.25) is 5.88 Å². The SMILES string of the molecule is NC1=N[C@H](C(F)(F)F)C[C@@](CF)(c2cc(NC(=O)c3cnc(OCC(F)F)cn3)ccc2F)O1. The fourth-order valence-electron chi connectivity index (χ4n) is 3.09. The van der Waals surface area contributed by atoms with Gasteiger partial charge in [-0.15, -0.1) is 0 Å².